The van der Waals surface area contributed by atoms with E-state index in [1.165, 1.54) is 16.0 Å². The van der Waals surface area contributed by atoms with E-state index in [1.54, 1.807) is 62.9 Å². The number of ether oxygens (including phenoxy) is 1. The molecule has 0 unspecified atom stereocenters. The molecule has 3 amide bonds. The lowest BCUT2D eigenvalue weighted by atomic mass is 10.1. The Labute approximate surface area is 269 Å². The maximum Gasteiger partial charge on any atom is 0.410 e. The van der Waals surface area contributed by atoms with Gasteiger partial charge in [-0.2, -0.15) is 4.98 Å². The van der Waals surface area contributed by atoms with Gasteiger partial charge in [-0.25, -0.2) is 9.80 Å². The molecule has 13 heteroatoms. The molecule has 0 fully saturated rings. The van der Waals surface area contributed by atoms with Gasteiger partial charge in [0.05, 0.1) is 23.8 Å². The van der Waals surface area contributed by atoms with Crippen LogP contribution in [-0.2, 0) is 27.4 Å². The number of nitrogens with zero attached hydrogens (tertiary/aromatic N) is 6. The summed E-state index contributed by atoms with van der Waals surface area (Å²) in [6.07, 6.45) is -0.483. The zero-order valence-corrected chi connectivity index (χ0v) is 27.7. The lowest BCUT2D eigenvalue weighted by molar-refractivity contribution is -0.145. The Balaban J connectivity index is 1.48. The van der Waals surface area contributed by atoms with Crippen LogP contribution >= 0.6 is 11.6 Å². The minimum atomic E-state index is -0.679. The summed E-state index contributed by atoms with van der Waals surface area (Å²) in [5.74, 6) is 0.239. The monoisotopic (exact) mass is 639 g/mol. The summed E-state index contributed by atoms with van der Waals surface area (Å²) in [6, 6.07) is 13.0. The molecule has 2 heterocycles. The van der Waals surface area contributed by atoms with Crippen molar-refractivity contribution in [3.8, 4) is 11.4 Å². The second kappa shape index (κ2) is 14.4. The molecule has 0 bridgehead atoms. The molecule has 0 saturated carbocycles. The quantitative estimate of drug-likeness (QED) is 0.319. The highest BCUT2D eigenvalue weighted by Crippen LogP contribution is 2.31. The van der Waals surface area contributed by atoms with E-state index < -0.39 is 11.7 Å². The number of halogens is 1. The van der Waals surface area contributed by atoms with Gasteiger partial charge >= 0.3 is 6.09 Å². The summed E-state index contributed by atoms with van der Waals surface area (Å²) in [5, 5.41) is 10.9. The SMILES string of the molecule is Cc1nc(-c2ccc(Cl)c(N(CCN(C(=O)OC(C)(C)C)C(C)C)C(=O)CNCC(=O)N(C)N3Cc4ccccc4C3)c2)no1. The first kappa shape index (κ1) is 33.9. The molecule has 0 aliphatic carbocycles. The van der Waals surface area contributed by atoms with Crippen molar-refractivity contribution in [1.29, 1.82) is 0 Å². The van der Waals surface area contributed by atoms with Gasteiger partial charge in [-0.3, -0.25) is 19.9 Å². The van der Waals surface area contributed by atoms with Gasteiger partial charge in [-0.15, -0.1) is 0 Å². The maximum atomic E-state index is 13.8. The fourth-order valence-electron chi connectivity index (χ4n) is 4.91. The molecule has 0 atom stereocenters. The average molecular weight is 640 g/mol. The highest BCUT2D eigenvalue weighted by molar-refractivity contribution is 6.34. The predicted octanol–water partition coefficient (Wildman–Crippen LogP) is 4.66. The Morgan fingerprint density at radius 2 is 1.69 bits per heavy atom. The number of hydrogen-bond donors (Lipinski definition) is 1. The summed E-state index contributed by atoms with van der Waals surface area (Å²) >= 11 is 6.64. The van der Waals surface area contributed by atoms with Crippen LogP contribution in [0, 0.1) is 6.92 Å². The molecule has 1 N–H and O–H groups in total. The second-order valence-corrected chi connectivity index (χ2v) is 12.6. The number of carbonyl (C=O) groups excluding carboxylic acids is 3. The summed E-state index contributed by atoms with van der Waals surface area (Å²) in [7, 11) is 1.73. The number of carbonyl (C=O) groups is 3. The predicted molar refractivity (Wildman–Crippen MR) is 171 cm³/mol. The van der Waals surface area contributed by atoms with Crippen LogP contribution in [-0.4, -0.2) is 87.8 Å². The van der Waals surface area contributed by atoms with Crippen LogP contribution in [0.2, 0.25) is 5.02 Å². The van der Waals surface area contributed by atoms with Gasteiger partial charge in [0.1, 0.15) is 5.60 Å². The molecule has 12 nitrogen and oxygen atoms in total. The van der Waals surface area contributed by atoms with Crippen molar-refractivity contribution in [2.75, 3.05) is 38.1 Å². The van der Waals surface area contributed by atoms with Crippen LogP contribution in [0.25, 0.3) is 11.4 Å². The molecule has 0 radical (unpaired) electrons. The minimum Gasteiger partial charge on any atom is -0.444 e. The standard InChI is InChI=1S/C32H42ClN7O5/c1-21(2)39(31(43)44-32(4,5)6)14-15-40(27-16-23(12-13-26(27)33)30-35-22(3)45-36-30)29(42)18-34-17-28(41)37(7)38-19-24-10-8-9-11-25(24)20-38/h8-13,16,21,34H,14-15,17-20H2,1-7H3. The maximum absolute atomic E-state index is 13.8. The van der Waals surface area contributed by atoms with Gasteiger partial charge < -0.3 is 19.1 Å². The molecule has 45 heavy (non-hydrogen) atoms. The normalized spacial score (nSPS) is 13.1. The van der Waals surface area contributed by atoms with Crippen molar-refractivity contribution >= 4 is 35.2 Å². The van der Waals surface area contributed by atoms with Crippen LogP contribution in [0.4, 0.5) is 10.5 Å². The van der Waals surface area contributed by atoms with Crippen molar-refractivity contribution < 1.29 is 23.6 Å². The number of amides is 3. The number of hydrogen-bond acceptors (Lipinski definition) is 9. The third-order valence-electron chi connectivity index (χ3n) is 7.30. The van der Waals surface area contributed by atoms with Crippen LogP contribution < -0.4 is 10.2 Å². The second-order valence-electron chi connectivity index (χ2n) is 12.2. The van der Waals surface area contributed by atoms with E-state index in [2.05, 4.69) is 27.6 Å². The van der Waals surface area contributed by atoms with Crippen LogP contribution in [0.15, 0.2) is 47.0 Å². The topological polar surface area (TPSA) is 124 Å². The first-order valence-electron chi connectivity index (χ1n) is 14.9. The first-order valence-corrected chi connectivity index (χ1v) is 15.3. The van der Waals surface area contributed by atoms with E-state index in [9.17, 15) is 14.4 Å². The number of benzene rings is 2. The van der Waals surface area contributed by atoms with Crippen LogP contribution in [0.3, 0.4) is 0 Å². The van der Waals surface area contributed by atoms with E-state index >= 15 is 0 Å². The molecule has 1 aliphatic heterocycles. The minimum absolute atomic E-state index is 0.0468. The first-order chi connectivity index (χ1) is 21.2. The number of hydrazine groups is 1. The van der Waals surface area contributed by atoms with Crippen molar-refractivity contribution in [1.82, 2.24) is 30.4 Å². The van der Waals surface area contributed by atoms with Crippen LogP contribution in [0.1, 0.15) is 51.6 Å². The van der Waals surface area contributed by atoms with E-state index in [0.29, 0.717) is 41.1 Å². The Hall–Kier alpha value is -4.00. The van der Waals surface area contributed by atoms with Crippen molar-refractivity contribution in [2.24, 2.45) is 0 Å². The number of aryl methyl sites for hydroxylation is 1. The number of nitrogens with one attached hydrogen (secondary N) is 1. The summed E-state index contributed by atoms with van der Waals surface area (Å²) in [5.41, 5.74) is 2.71. The number of likely N-dealkylation sites (N-methyl/N-ethyl adjacent to an activating group) is 1. The lowest BCUT2D eigenvalue weighted by Gasteiger charge is -2.32. The Kier molecular flexibility index (Phi) is 10.8. The number of anilines is 1. The number of rotatable bonds is 11. The highest BCUT2D eigenvalue weighted by atomic mass is 35.5. The van der Waals surface area contributed by atoms with Gasteiger partial charge in [0, 0.05) is 51.8 Å². The summed E-state index contributed by atoms with van der Waals surface area (Å²) < 4.78 is 10.7. The number of fused-ring (bicyclic) bond motifs is 1. The highest BCUT2D eigenvalue weighted by Gasteiger charge is 2.28. The Morgan fingerprint density at radius 1 is 1.04 bits per heavy atom. The van der Waals surface area contributed by atoms with Gasteiger partial charge in [-0.1, -0.05) is 41.0 Å². The van der Waals surface area contributed by atoms with E-state index in [0.717, 1.165) is 0 Å². The van der Waals surface area contributed by atoms with Crippen molar-refractivity contribution in [3.05, 3.63) is 64.5 Å². The fourth-order valence-corrected chi connectivity index (χ4v) is 5.13. The molecule has 1 aromatic heterocycles. The number of aromatic nitrogens is 2. The molecule has 0 saturated heterocycles. The lowest BCUT2D eigenvalue weighted by Crippen LogP contribution is -2.49. The zero-order chi connectivity index (χ0) is 32.9. The smallest absolute Gasteiger partial charge is 0.410 e. The van der Waals surface area contributed by atoms with Gasteiger partial charge in [0.25, 0.3) is 5.91 Å². The van der Waals surface area contributed by atoms with E-state index in [1.807, 2.05) is 31.0 Å². The van der Waals surface area contributed by atoms with Crippen molar-refractivity contribution in [3.63, 3.8) is 0 Å². The van der Waals surface area contributed by atoms with Crippen molar-refractivity contribution in [2.45, 2.75) is 66.3 Å². The van der Waals surface area contributed by atoms with Gasteiger partial charge in [0.2, 0.25) is 17.6 Å². The molecule has 3 aromatic rings. The largest absolute Gasteiger partial charge is 0.444 e. The molecular formula is C32H42ClN7O5. The Morgan fingerprint density at radius 3 is 2.27 bits per heavy atom. The molecule has 2 aromatic carbocycles. The fraction of sp³-hybridized carbons (Fsp3) is 0.469. The van der Waals surface area contributed by atoms with Crippen LogP contribution in [0.5, 0.6) is 0 Å². The molecule has 1 aliphatic rings. The third-order valence-corrected chi connectivity index (χ3v) is 7.62. The van der Waals surface area contributed by atoms with E-state index in [-0.39, 0.29) is 44.0 Å². The summed E-state index contributed by atoms with van der Waals surface area (Å²) in [6.45, 7) is 12.2. The summed E-state index contributed by atoms with van der Waals surface area (Å²) in [4.78, 5) is 47.2. The molecule has 4 rings (SSSR count). The molecule has 0 spiro atoms. The average Bonchev–Trinajstić information content (AvgIpc) is 3.60. The molecular weight excluding hydrogens is 598 g/mol. The van der Waals surface area contributed by atoms with Gasteiger partial charge in [-0.05, 0) is 63.9 Å². The molecule has 242 valence electrons. The van der Waals surface area contributed by atoms with E-state index in [4.69, 9.17) is 20.9 Å². The third kappa shape index (κ3) is 8.80. The van der Waals surface area contributed by atoms with Gasteiger partial charge in [0.15, 0.2) is 0 Å². The zero-order valence-electron chi connectivity index (χ0n) is 27.0. The Bertz CT molecular complexity index is 1490.